The van der Waals surface area contributed by atoms with Crippen molar-refractivity contribution in [2.45, 2.75) is 26.9 Å². The molecule has 0 unspecified atom stereocenters. The van der Waals surface area contributed by atoms with Crippen LogP contribution in [0.5, 0.6) is 11.5 Å². The van der Waals surface area contributed by atoms with Crippen molar-refractivity contribution in [3.63, 3.8) is 0 Å². The number of hydrogen-bond donors (Lipinski definition) is 0. The van der Waals surface area contributed by atoms with Crippen molar-refractivity contribution < 1.29 is 23.0 Å². The molecular weight excluding hydrogens is 392 g/mol. The molecule has 1 aliphatic rings. The molecule has 2 rings (SSSR count). The molecule has 0 aliphatic carbocycles. The summed E-state index contributed by atoms with van der Waals surface area (Å²) in [5, 5.41) is 0. The van der Waals surface area contributed by atoms with Gasteiger partial charge in [0.25, 0.3) is 0 Å². The Bertz CT molecular complexity index is 796. The molecule has 1 amide bonds. The van der Waals surface area contributed by atoms with Crippen LogP contribution in [0.1, 0.15) is 20.3 Å². The Hall–Kier alpha value is -3.16. The highest BCUT2D eigenvalue weighted by atomic mass is 19.3. The summed E-state index contributed by atoms with van der Waals surface area (Å²) < 4.78 is 35.1. The van der Waals surface area contributed by atoms with Gasteiger partial charge in [-0.1, -0.05) is 19.6 Å². The van der Waals surface area contributed by atoms with Crippen LogP contribution in [0.2, 0.25) is 0 Å². The van der Waals surface area contributed by atoms with E-state index in [2.05, 4.69) is 21.2 Å². The van der Waals surface area contributed by atoms with E-state index in [1.165, 1.54) is 18.2 Å². The number of halogens is 2. The lowest BCUT2D eigenvalue weighted by atomic mass is 10.2. The maximum Gasteiger partial charge on any atom is 0.387 e. The van der Waals surface area contributed by atoms with Crippen LogP contribution in [0.4, 0.5) is 8.78 Å². The van der Waals surface area contributed by atoms with Gasteiger partial charge < -0.3 is 19.3 Å². The summed E-state index contributed by atoms with van der Waals surface area (Å²) in [4.78, 5) is 20.2. The number of amidine groups is 1. The van der Waals surface area contributed by atoms with Gasteiger partial charge in [0.1, 0.15) is 11.5 Å². The maximum absolute atomic E-state index is 12.3. The lowest BCUT2D eigenvalue weighted by Crippen LogP contribution is -2.50. The number of benzene rings is 1. The highest BCUT2D eigenvalue weighted by Gasteiger charge is 2.24. The van der Waals surface area contributed by atoms with E-state index in [0.29, 0.717) is 49.9 Å². The van der Waals surface area contributed by atoms with Crippen molar-refractivity contribution in [1.82, 2.24) is 9.80 Å². The topological polar surface area (TPSA) is 54.4 Å². The zero-order valence-corrected chi connectivity index (χ0v) is 17.3. The Balaban J connectivity index is 2.19. The molecule has 0 N–H and O–H groups in total. The molecule has 1 aromatic rings. The van der Waals surface area contributed by atoms with Gasteiger partial charge >= 0.3 is 6.61 Å². The lowest BCUT2D eigenvalue weighted by molar-refractivity contribution is -0.127. The van der Waals surface area contributed by atoms with Gasteiger partial charge in [0.15, 0.2) is 11.6 Å². The van der Waals surface area contributed by atoms with E-state index in [0.717, 1.165) is 0 Å². The number of amides is 1. The average molecular weight is 419 g/mol. The molecule has 0 spiro atoms. The summed E-state index contributed by atoms with van der Waals surface area (Å²) in [6.07, 6.45) is 7.44. The molecule has 1 saturated heterocycles. The second kappa shape index (κ2) is 11.7. The van der Waals surface area contributed by atoms with Crippen LogP contribution in [-0.2, 0) is 4.79 Å². The zero-order chi connectivity index (χ0) is 21.9. The molecule has 30 heavy (non-hydrogen) atoms. The summed E-state index contributed by atoms with van der Waals surface area (Å²) in [6.45, 7) is 6.82. The predicted octanol–water partition coefficient (Wildman–Crippen LogP) is 4.22. The van der Waals surface area contributed by atoms with Crippen molar-refractivity contribution >= 4 is 11.7 Å². The second-order valence-corrected chi connectivity index (χ2v) is 6.38. The molecular formula is C22H27F2N3O3. The highest BCUT2D eigenvalue weighted by Crippen LogP contribution is 2.22. The number of hydrogen-bond acceptors (Lipinski definition) is 4. The third kappa shape index (κ3) is 6.72. The molecule has 1 aromatic carbocycles. The van der Waals surface area contributed by atoms with Gasteiger partial charge in [-0.05, 0) is 49.8 Å². The van der Waals surface area contributed by atoms with Gasteiger partial charge in [-0.3, -0.25) is 4.79 Å². The standard InChI is InChI=1S/C22H27F2N3O3/c1-4-7-19(29-17-8-10-18(11-9-17)30-22(23)24)21(25-12-5-2)27-15-13-26(14-16-27)20(28)6-3/h5-12,22H,3-4,13-16H2,1-2H3/b12-5-,19-7-,25-21+. The van der Waals surface area contributed by atoms with Crippen LogP contribution >= 0.6 is 0 Å². The molecule has 0 atom stereocenters. The second-order valence-electron chi connectivity index (χ2n) is 6.38. The molecule has 8 heteroatoms. The third-order valence-corrected chi connectivity index (χ3v) is 4.30. The smallest absolute Gasteiger partial charge is 0.387 e. The molecule has 162 valence electrons. The minimum Gasteiger partial charge on any atom is -0.454 e. The van der Waals surface area contributed by atoms with E-state index < -0.39 is 6.61 Å². The number of rotatable bonds is 8. The fraction of sp³-hybridized carbons (Fsp3) is 0.364. The normalized spacial score (nSPS) is 15.6. The van der Waals surface area contributed by atoms with Crippen molar-refractivity contribution in [1.29, 1.82) is 0 Å². The number of aliphatic imine (C=N–C) groups is 1. The van der Waals surface area contributed by atoms with Gasteiger partial charge in [0.2, 0.25) is 5.91 Å². The Morgan fingerprint density at radius 3 is 2.30 bits per heavy atom. The Morgan fingerprint density at radius 2 is 1.77 bits per heavy atom. The van der Waals surface area contributed by atoms with Crippen LogP contribution in [0.15, 0.2) is 66.0 Å². The van der Waals surface area contributed by atoms with E-state index >= 15 is 0 Å². The first-order chi connectivity index (χ1) is 14.5. The minimum absolute atomic E-state index is 0.0594. The predicted molar refractivity (Wildman–Crippen MR) is 113 cm³/mol. The van der Waals surface area contributed by atoms with Gasteiger partial charge in [0, 0.05) is 32.4 Å². The number of carbonyl (C=O) groups excluding carboxylic acids is 1. The fourth-order valence-corrected chi connectivity index (χ4v) is 2.89. The molecule has 0 saturated carbocycles. The largest absolute Gasteiger partial charge is 0.454 e. The van der Waals surface area contributed by atoms with Crippen LogP contribution in [-0.4, -0.2) is 54.3 Å². The van der Waals surface area contributed by atoms with E-state index in [-0.39, 0.29) is 11.7 Å². The lowest BCUT2D eigenvalue weighted by Gasteiger charge is -2.36. The molecule has 1 heterocycles. The first-order valence-electron chi connectivity index (χ1n) is 9.77. The zero-order valence-electron chi connectivity index (χ0n) is 17.3. The Labute approximate surface area is 175 Å². The van der Waals surface area contributed by atoms with Gasteiger partial charge in [-0.2, -0.15) is 8.78 Å². The monoisotopic (exact) mass is 419 g/mol. The maximum atomic E-state index is 12.3. The SMILES string of the molecule is C=CC(=O)N1CCN(C(=N/C=C\C)/C(=C/CC)Oc2ccc(OC(F)F)cc2)CC1. The molecule has 0 bridgehead atoms. The van der Waals surface area contributed by atoms with Crippen molar-refractivity contribution in [2.75, 3.05) is 26.2 Å². The summed E-state index contributed by atoms with van der Waals surface area (Å²) in [7, 11) is 0. The molecule has 1 fully saturated rings. The molecule has 6 nitrogen and oxygen atoms in total. The van der Waals surface area contributed by atoms with Crippen molar-refractivity contribution in [3.8, 4) is 11.5 Å². The van der Waals surface area contributed by atoms with E-state index in [4.69, 9.17) is 4.74 Å². The van der Waals surface area contributed by atoms with Crippen molar-refractivity contribution in [2.24, 2.45) is 4.99 Å². The minimum atomic E-state index is -2.88. The van der Waals surface area contributed by atoms with Crippen molar-refractivity contribution in [3.05, 3.63) is 61.0 Å². The third-order valence-electron chi connectivity index (χ3n) is 4.30. The van der Waals surface area contributed by atoms with Crippen LogP contribution in [0, 0.1) is 0 Å². The molecule has 0 aromatic heterocycles. The number of allylic oxidation sites excluding steroid dienone is 2. The summed E-state index contributed by atoms with van der Waals surface area (Å²) in [5.74, 6) is 1.65. The molecule has 0 radical (unpaired) electrons. The fourth-order valence-electron chi connectivity index (χ4n) is 2.89. The van der Waals surface area contributed by atoms with Crippen LogP contribution in [0.25, 0.3) is 0 Å². The van der Waals surface area contributed by atoms with Crippen LogP contribution < -0.4 is 9.47 Å². The van der Waals surface area contributed by atoms with Gasteiger partial charge in [-0.25, -0.2) is 4.99 Å². The first-order valence-corrected chi connectivity index (χ1v) is 9.77. The summed E-state index contributed by atoms with van der Waals surface area (Å²) in [6, 6.07) is 5.98. The molecule has 1 aliphatic heterocycles. The Morgan fingerprint density at radius 1 is 1.17 bits per heavy atom. The highest BCUT2D eigenvalue weighted by molar-refractivity contribution is 5.97. The number of nitrogens with zero attached hydrogens (tertiary/aromatic N) is 3. The Kier molecular flexibility index (Phi) is 9.05. The number of carbonyl (C=O) groups is 1. The number of ether oxygens (including phenoxy) is 2. The van der Waals surface area contributed by atoms with E-state index in [9.17, 15) is 13.6 Å². The number of piperazine rings is 1. The van der Waals surface area contributed by atoms with E-state index in [1.807, 2.05) is 26.0 Å². The van der Waals surface area contributed by atoms with Gasteiger partial charge in [-0.15, -0.1) is 0 Å². The first kappa shape index (κ1) is 23.1. The number of alkyl halides is 2. The summed E-state index contributed by atoms with van der Waals surface area (Å²) >= 11 is 0. The summed E-state index contributed by atoms with van der Waals surface area (Å²) in [5.41, 5.74) is 0. The quantitative estimate of drug-likeness (QED) is 0.274. The van der Waals surface area contributed by atoms with E-state index in [1.54, 1.807) is 23.2 Å². The average Bonchev–Trinajstić information content (AvgIpc) is 2.75. The van der Waals surface area contributed by atoms with Crippen LogP contribution in [0.3, 0.4) is 0 Å². The van der Waals surface area contributed by atoms with Gasteiger partial charge in [0.05, 0.1) is 0 Å².